The monoisotopic (exact) mass is 527 g/mol. The van der Waals surface area contributed by atoms with Crippen molar-refractivity contribution >= 4 is 23.7 Å². The summed E-state index contributed by atoms with van der Waals surface area (Å²) in [5.74, 6) is -0.0161. The molecule has 0 saturated carbocycles. The molecular weight excluding hydrogens is 499 g/mol. The molecule has 0 heterocycles. The molecule has 7 nitrogen and oxygen atoms in total. The van der Waals surface area contributed by atoms with E-state index >= 15 is 0 Å². The maximum Gasteiger partial charge on any atom is 0.416 e. The minimum atomic E-state index is -4.52. The molecule has 0 aromatic heterocycles. The second-order valence-electron chi connectivity index (χ2n) is 8.34. The van der Waals surface area contributed by atoms with Gasteiger partial charge >= 0.3 is 6.18 Å². The first-order chi connectivity index (χ1) is 18.1. The van der Waals surface area contributed by atoms with Gasteiger partial charge in [0.2, 0.25) is 11.8 Å². The van der Waals surface area contributed by atoms with Gasteiger partial charge in [0.15, 0.2) is 11.5 Å². The van der Waals surface area contributed by atoms with Crippen LogP contribution in [0.25, 0.3) is 0 Å². The number of carbonyl (C=O) groups is 2. The SMILES string of the molecule is CCOc1cc(C=NNC(=O)CCC(=O)Nc2cccc(C(F)(F)F)c2)ccc1OCc1cccc(C)c1. The first kappa shape index (κ1) is 28.2. The van der Waals surface area contributed by atoms with Gasteiger partial charge < -0.3 is 14.8 Å². The molecule has 3 aromatic rings. The van der Waals surface area contributed by atoms with Gasteiger partial charge in [-0.1, -0.05) is 35.9 Å². The van der Waals surface area contributed by atoms with Crippen LogP contribution in [0.15, 0.2) is 71.8 Å². The molecular formula is C28H28F3N3O4. The normalized spacial score (nSPS) is 11.3. The summed E-state index contributed by atoms with van der Waals surface area (Å²) in [6, 6.07) is 17.5. The number of benzene rings is 3. The first-order valence-electron chi connectivity index (χ1n) is 11.9. The standard InChI is InChI=1S/C28H28F3N3O4/c1-3-37-25-15-20(10-11-24(25)38-18-21-7-4-6-19(2)14-21)17-32-34-27(36)13-12-26(35)33-23-9-5-8-22(16-23)28(29,30)31/h4-11,14-17H,3,12-13,18H2,1-2H3,(H,33,35)(H,34,36). The molecule has 3 rings (SSSR count). The van der Waals surface area contributed by atoms with E-state index in [0.29, 0.717) is 30.3 Å². The Morgan fingerprint density at radius 3 is 2.42 bits per heavy atom. The maximum atomic E-state index is 12.8. The third kappa shape index (κ3) is 8.95. The lowest BCUT2D eigenvalue weighted by molar-refractivity contribution is -0.137. The summed E-state index contributed by atoms with van der Waals surface area (Å²) >= 11 is 0. The molecule has 0 bridgehead atoms. The predicted molar refractivity (Wildman–Crippen MR) is 138 cm³/mol. The highest BCUT2D eigenvalue weighted by molar-refractivity contribution is 5.93. The molecule has 0 saturated heterocycles. The fraction of sp³-hybridized carbons (Fsp3) is 0.250. The van der Waals surface area contributed by atoms with Crippen molar-refractivity contribution in [2.24, 2.45) is 5.10 Å². The number of hydrogen-bond acceptors (Lipinski definition) is 5. The van der Waals surface area contributed by atoms with Gasteiger partial charge in [-0.15, -0.1) is 0 Å². The molecule has 0 aliphatic carbocycles. The Labute approximate surface area is 218 Å². The smallest absolute Gasteiger partial charge is 0.416 e. The van der Waals surface area contributed by atoms with Crippen LogP contribution in [0.5, 0.6) is 11.5 Å². The molecule has 0 atom stereocenters. The Hall–Kier alpha value is -4.34. The molecule has 38 heavy (non-hydrogen) atoms. The highest BCUT2D eigenvalue weighted by Gasteiger charge is 2.30. The van der Waals surface area contributed by atoms with Crippen LogP contribution in [0.1, 0.15) is 42.0 Å². The van der Waals surface area contributed by atoms with E-state index in [1.54, 1.807) is 18.2 Å². The number of nitrogens with one attached hydrogen (secondary N) is 2. The number of aryl methyl sites for hydroxylation is 1. The van der Waals surface area contributed by atoms with Crippen LogP contribution in [0, 0.1) is 6.92 Å². The number of hydrogen-bond donors (Lipinski definition) is 2. The van der Waals surface area contributed by atoms with Gasteiger partial charge in [-0.05, 0) is 61.4 Å². The molecule has 0 fully saturated rings. The van der Waals surface area contributed by atoms with Crippen LogP contribution in [0.3, 0.4) is 0 Å². The highest BCUT2D eigenvalue weighted by Crippen LogP contribution is 2.31. The fourth-order valence-electron chi connectivity index (χ4n) is 3.41. The van der Waals surface area contributed by atoms with Crippen molar-refractivity contribution in [3.05, 3.63) is 89.0 Å². The van der Waals surface area contributed by atoms with Crippen molar-refractivity contribution in [1.82, 2.24) is 5.43 Å². The molecule has 0 unspecified atom stereocenters. The van der Waals surface area contributed by atoms with Gasteiger partial charge in [-0.3, -0.25) is 9.59 Å². The van der Waals surface area contributed by atoms with Crippen LogP contribution >= 0.6 is 0 Å². The number of hydrazone groups is 1. The van der Waals surface area contributed by atoms with Crippen LogP contribution in [-0.4, -0.2) is 24.6 Å². The highest BCUT2D eigenvalue weighted by atomic mass is 19.4. The van der Waals surface area contributed by atoms with Crippen LogP contribution in [-0.2, 0) is 22.4 Å². The predicted octanol–water partition coefficient (Wildman–Crippen LogP) is 5.86. The number of anilines is 1. The van der Waals surface area contributed by atoms with Crippen molar-refractivity contribution in [2.75, 3.05) is 11.9 Å². The summed E-state index contributed by atoms with van der Waals surface area (Å²) in [7, 11) is 0. The first-order valence-corrected chi connectivity index (χ1v) is 11.9. The maximum absolute atomic E-state index is 12.8. The topological polar surface area (TPSA) is 89.0 Å². The molecule has 0 aliphatic heterocycles. The van der Waals surface area contributed by atoms with Crippen LogP contribution in [0.4, 0.5) is 18.9 Å². The zero-order chi connectivity index (χ0) is 27.5. The Morgan fingerprint density at radius 2 is 1.68 bits per heavy atom. The van der Waals surface area contributed by atoms with Crippen molar-refractivity contribution in [3.63, 3.8) is 0 Å². The third-order valence-electron chi connectivity index (χ3n) is 5.20. The van der Waals surface area contributed by atoms with Gasteiger partial charge in [-0.25, -0.2) is 5.43 Å². The Kier molecular flexibility index (Phi) is 9.86. The van der Waals surface area contributed by atoms with Crippen LogP contribution in [0.2, 0.25) is 0 Å². The van der Waals surface area contributed by atoms with E-state index in [4.69, 9.17) is 9.47 Å². The summed E-state index contributed by atoms with van der Waals surface area (Å²) in [6.45, 7) is 4.68. The lowest BCUT2D eigenvalue weighted by atomic mass is 10.1. The fourth-order valence-corrected chi connectivity index (χ4v) is 3.41. The number of nitrogens with zero attached hydrogens (tertiary/aromatic N) is 1. The third-order valence-corrected chi connectivity index (χ3v) is 5.20. The summed E-state index contributed by atoms with van der Waals surface area (Å²) in [4.78, 5) is 24.1. The molecule has 10 heteroatoms. The summed E-state index contributed by atoms with van der Waals surface area (Å²) in [5.41, 5.74) is 4.28. The zero-order valence-electron chi connectivity index (χ0n) is 21.0. The van der Waals surface area contributed by atoms with Gasteiger partial charge in [0.25, 0.3) is 0 Å². The van der Waals surface area contributed by atoms with E-state index < -0.39 is 23.6 Å². The van der Waals surface area contributed by atoms with E-state index in [9.17, 15) is 22.8 Å². The summed E-state index contributed by atoms with van der Waals surface area (Å²) < 4.78 is 50.0. The number of halogens is 3. The average molecular weight is 528 g/mol. The van der Waals surface area contributed by atoms with Crippen molar-refractivity contribution < 1.29 is 32.2 Å². The Morgan fingerprint density at radius 1 is 0.921 bits per heavy atom. The summed E-state index contributed by atoms with van der Waals surface area (Å²) in [5, 5.41) is 6.25. The lowest BCUT2D eigenvalue weighted by Gasteiger charge is -2.13. The van der Waals surface area contributed by atoms with E-state index in [1.165, 1.54) is 18.3 Å². The molecule has 2 amide bonds. The lowest BCUT2D eigenvalue weighted by Crippen LogP contribution is -2.20. The van der Waals surface area contributed by atoms with Crippen molar-refractivity contribution in [2.45, 2.75) is 39.5 Å². The number of carbonyl (C=O) groups excluding carboxylic acids is 2. The van der Waals surface area contributed by atoms with Gasteiger partial charge in [-0.2, -0.15) is 18.3 Å². The number of rotatable bonds is 11. The quantitative estimate of drug-likeness (QED) is 0.242. The van der Waals surface area contributed by atoms with E-state index in [2.05, 4.69) is 15.8 Å². The number of alkyl halides is 3. The molecule has 0 radical (unpaired) electrons. The Balaban J connectivity index is 1.49. The van der Waals surface area contributed by atoms with Crippen LogP contribution < -0.4 is 20.2 Å². The van der Waals surface area contributed by atoms with E-state index in [1.807, 2.05) is 38.1 Å². The molecule has 200 valence electrons. The molecule has 3 aromatic carbocycles. The van der Waals surface area contributed by atoms with Gasteiger partial charge in [0.1, 0.15) is 6.61 Å². The molecule has 0 spiro atoms. The number of ether oxygens (including phenoxy) is 2. The number of amides is 2. The second-order valence-corrected chi connectivity index (χ2v) is 8.34. The van der Waals surface area contributed by atoms with Gasteiger partial charge in [0.05, 0.1) is 18.4 Å². The molecule has 0 aliphatic rings. The van der Waals surface area contributed by atoms with Crippen molar-refractivity contribution in [1.29, 1.82) is 0 Å². The van der Waals surface area contributed by atoms with E-state index in [-0.39, 0.29) is 18.5 Å². The average Bonchev–Trinajstić information content (AvgIpc) is 2.87. The summed E-state index contributed by atoms with van der Waals surface area (Å²) in [6.07, 6.45) is -3.51. The molecule has 2 N–H and O–H groups in total. The second kappa shape index (κ2) is 13.3. The Bertz CT molecular complexity index is 1290. The van der Waals surface area contributed by atoms with Crippen molar-refractivity contribution in [3.8, 4) is 11.5 Å². The van der Waals surface area contributed by atoms with E-state index in [0.717, 1.165) is 23.3 Å². The minimum Gasteiger partial charge on any atom is -0.490 e. The largest absolute Gasteiger partial charge is 0.490 e. The van der Waals surface area contributed by atoms with Gasteiger partial charge in [0, 0.05) is 18.5 Å². The minimum absolute atomic E-state index is 0.000310. The zero-order valence-corrected chi connectivity index (χ0v) is 21.0.